The Kier molecular flexibility index (Phi) is 9.98. The van der Waals surface area contributed by atoms with Crippen LogP contribution in [0.1, 0.15) is 89.1 Å². The minimum atomic E-state index is -2.04. The highest BCUT2D eigenvalue weighted by atomic mass is 35.5. The van der Waals surface area contributed by atoms with Crippen molar-refractivity contribution in [3.05, 3.63) is 51.6 Å². The van der Waals surface area contributed by atoms with Crippen molar-refractivity contribution >= 4 is 29.8 Å². The maximum atomic E-state index is 13.8. The van der Waals surface area contributed by atoms with E-state index < -0.39 is 107 Å². The van der Waals surface area contributed by atoms with E-state index in [0.29, 0.717) is 0 Å². The van der Waals surface area contributed by atoms with Crippen LogP contribution in [0.15, 0.2) is 18.2 Å². The number of halogens is 1. The van der Waals surface area contributed by atoms with E-state index in [1.54, 1.807) is 13.8 Å². The molecule has 0 bridgehead atoms. The lowest BCUT2D eigenvalue weighted by Gasteiger charge is -2.44. The van der Waals surface area contributed by atoms with Crippen LogP contribution in [0, 0.1) is 0 Å². The van der Waals surface area contributed by atoms with Crippen molar-refractivity contribution in [2.45, 2.75) is 107 Å². The van der Waals surface area contributed by atoms with Crippen molar-refractivity contribution in [1.29, 1.82) is 0 Å². The molecule has 48 heavy (non-hydrogen) atoms. The summed E-state index contributed by atoms with van der Waals surface area (Å²) in [5, 5.41) is 44.7. The lowest BCUT2D eigenvalue weighted by atomic mass is 9.72. The SMILES string of the molecule is COc1cccc2c1C(=O)c1c(O)c3c(c(O)c1C2=O)CC(O)(C(C)=O)CC3OC1CC(N)C(OC2CC(N)C(O)C(C)O2)C(C)O1.Cl. The number of hydrogen-bond donors (Lipinski definition) is 6. The molecule has 262 valence electrons. The first kappa shape index (κ1) is 36.1. The predicted octanol–water partition coefficient (Wildman–Crippen LogP) is 1.30. The van der Waals surface area contributed by atoms with E-state index in [1.807, 2.05) is 0 Å². The van der Waals surface area contributed by atoms with Crippen molar-refractivity contribution in [2.24, 2.45) is 11.5 Å². The molecule has 0 saturated carbocycles. The van der Waals surface area contributed by atoms with Crippen LogP contribution in [-0.2, 0) is 30.2 Å². The minimum Gasteiger partial charge on any atom is -0.507 e. The fourth-order valence-corrected chi connectivity index (χ4v) is 7.21. The van der Waals surface area contributed by atoms with Gasteiger partial charge in [0.15, 0.2) is 24.1 Å². The van der Waals surface area contributed by atoms with Crippen molar-refractivity contribution in [1.82, 2.24) is 0 Å². The molecule has 2 aliphatic carbocycles. The molecule has 10 atom stereocenters. The molecule has 0 radical (unpaired) electrons. The number of methoxy groups -OCH3 is 1. The highest BCUT2D eigenvalue weighted by Crippen LogP contribution is 2.52. The average Bonchev–Trinajstić information content (AvgIpc) is 3.01. The fourth-order valence-electron chi connectivity index (χ4n) is 7.21. The summed E-state index contributed by atoms with van der Waals surface area (Å²) in [6.07, 6.45) is -6.16. The average molecular weight is 693 g/mol. The summed E-state index contributed by atoms with van der Waals surface area (Å²) in [5.74, 6) is -3.24. The van der Waals surface area contributed by atoms with Crippen molar-refractivity contribution in [2.75, 3.05) is 7.11 Å². The summed E-state index contributed by atoms with van der Waals surface area (Å²) < 4.78 is 29.6. The van der Waals surface area contributed by atoms with Gasteiger partial charge in [-0.25, -0.2) is 0 Å². The number of phenols is 2. The van der Waals surface area contributed by atoms with Crippen LogP contribution >= 0.6 is 12.4 Å². The first-order valence-electron chi connectivity index (χ1n) is 15.6. The number of Topliss-reactive ketones (excluding diaryl/α,β-unsaturated/α-hetero) is 1. The standard InChI is InChI=1S/C33H40N2O12.ClH/c1-12-27(37)17(34)8-22(44-12)47-32-13(2)45-21(9-18(32)35)46-20-11-33(42,14(3)36)10-16-24(20)31(41)26-25(29(16)39)28(38)15-6-5-7-19(43-4)23(15)30(26)40;/h5-7,12-13,17-18,20-22,27,32,37,39,41-42H,8-11,34-35H2,1-4H3;1H. The number of carbonyl (C=O) groups is 3. The Morgan fingerprint density at radius 2 is 1.56 bits per heavy atom. The highest BCUT2D eigenvalue weighted by Gasteiger charge is 2.50. The third-order valence-corrected chi connectivity index (χ3v) is 9.82. The number of fused-ring (bicyclic) bond motifs is 3. The van der Waals surface area contributed by atoms with Gasteiger partial charge in [0, 0.05) is 54.5 Å². The first-order chi connectivity index (χ1) is 22.2. The molecule has 2 aromatic carbocycles. The van der Waals surface area contributed by atoms with Crippen molar-refractivity contribution < 1.29 is 58.5 Å². The van der Waals surface area contributed by atoms with Gasteiger partial charge in [0.1, 0.15) is 29.0 Å². The molecule has 8 N–H and O–H groups in total. The smallest absolute Gasteiger partial charge is 0.202 e. The van der Waals surface area contributed by atoms with Gasteiger partial charge in [-0.05, 0) is 26.8 Å². The Morgan fingerprint density at radius 1 is 0.938 bits per heavy atom. The summed E-state index contributed by atoms with van der Waals surface area (Å²) in [6, 6.07) is 3.25. The minimum absolute atomic E-state index is 0. The molecular weight excluding hydrogens is 652 g/mol. The molecule has 2 heterocycles. The molecule has 0 amide bonds. The van der Waals surface area contributed by atoms with Crippen LogP contribution < -0.4 is 16.2 Å². The molecule has 0 aromatic heterocycles. The van der Waals surface area contributed by atoms with E-state index in [9.17, 15) is 34.8 Å². The summed E-state index contributed by atoms with van der Waals surface area (Å²) in [7, 11) is 1.34. The quantitative estimate of drug-likeness (QED) is 0.200. The second-order valence-electron chi connectivity index (χ2n) is 12.9. The number of ether oxygens (including phenoxy) is 5. The number of phenolic OH excluding ortho intramolecular Hbond substituents is 2. The highest BCUT2D eigenvalue weighted by molar-refractivity contribution is 6.31. The summed E-state index contributed by atoms with van der Waals surface area (Å²) in [5.41, 5.74) is 9.42. The molecular formula is C33H41ClN2O12. The third-order valence-electron chi connectivity index (χ3n) is 9.82. The van der Waals surface area contributed by atoms with Gasteiger partial charge in [-0.2, -0.15) is 0 Å². The van der Waals surface area contributed by atoms with Gasteiger partial charge in [0.05, 0.1) is 48.2 Å². The first-order valence-corrected chi connectivity index (χ1v) is 15.6. The molecule has 2 aliphatic heterocycles. The molecule has 15 heteroatoms. The molecule has 14 nitrogen and oxygen atoms in total. The number of aliphatic hydroxyl groups excluding tert-OH is 1. The molecule has 2 aromatic rings. The summed E-state index contributed by atoms with van der Waals surface area (Å²) >= 11 is 0. The third kappa shape index (κ3) is 5.88. The second kappa shape index (κ2) is 13.3. The molecule has 2 saturated heterocycles. The van der Waals surface area contributed by atoms with E-state index >= 15 is 0 Å². The number of nitrogens with two attached hydrogens (primary N) is 2. The number of hydrogen-bond acceptors (Lipinski definition) is 14. The van der Waals surface area contributed by atoms with Gasteiger partial charge in [-0.3, -0.25) is 14.4 Å². The van der Waals surface area contributed by atoms with Crippen molar-refractivity contribution in [3.8, 4) is 17.2 Å². The maximum absolute atomic E-state index is 13.8. The van der Waals surface area contributed by atoms with E-state index in [0.717, 1.165) is 0 Å². The zero-order valence-corrected chi connectivity index (χ0v) is 27.7. The second-order valence-corrected chi connectivity index (χ2v) is 12.9. The van der Waals surface area contributed by atoms with E-state index in [1.165, 1.54) is 32.2 Å². The Hall–Kier alpha value is -3.18. The molecule has 0 spiro atoms. The Balaban J connectivity index is 0.00000451. The lowest BCUT2D eigenvalue weighted by Crippen LogP contribution is -2.57. The van der Waals surface area contributed by atoms with Crippen LogP contribution in [-0.4, -0.2) is 99.6 Å². The van der Waals surface area contributed by atoms with E-state index in [2.05, 4.69) is 0 Å². The number of aromatic hydroxyl groups is 2. The predicted molar refractivity (Wildman–Crippen MR) is 169 cm³/mol. The monoisotopic (exact) mass is 692 g/mol. The fraction of sp³-hybridized carbons (Fsp3) is 0.545. The maximum Gasteiger partial charge on any atom is 0.202 e. The van der Waals surface area contributed by atoms with Crippen LogP contribution in [0.3, 0.4) is 0 Å². The van der Waals surface area contributed by atoms with E-state index in [4.69, 9.17) is 35.2 Å². The largest absolute Gasteiger partial charge is 0.507 e. The van der Waals surface area contributed by atoms with Gasteiger partial charge in [-0.1, -0.05) is 12.1 Å². The van der Waals surface area contributed by atoms with Gasteiger partial charge >= 0.3 is 0 Å². The van der Waals surface area contributed by atoms with Gasteiger partial charge in [-0.15, -0.1) is 12.4 Å². The Morgan fingerprint density at radius 3 is 2.19 bits per heavy atom. The van der Waals surface area contributed by atoms with E-state index in [-0.39, 0.29) is 59.7 Å². The molecule has 6 rings (SSSR count). The number of carbonyl (C=O) groups excluding carboxylic acids is 3. The number of rotatable bonds is 6. The van der Waals surface area contributed by atoms with Gasteiger partial charge in [0.2, 0.25) is 5.78 Å². The lowest BCUT2D eigenvalue weighted by molar-refractivity contribution is -0.294. The zero-order chi connectivity index (χ0) is 34.1. The van der Waals surface area contributed by atoms with Crippen LogP contribution in [0.25, 0.3) is 0 Å². The van der Waals surface area contributed by atoms with Crippen LogP contribution in [0.5, 0.6) is 17.2 Å². The number of ketones is 3. The molecule has 4 aliphatic rings. The van der Waals surface area contributed by atoms with Crippen LogP contribution in [0.2, 0.25) is 0 Å². The topological polar surface area (TPSA) is 230 Å². The number of aliphatic hydroxyl groups is 2. The van der Waals surface area contributed by atoms with Gasteiger partial charge in [0.25, 0.3) is 0 Å². The zero-order valence-electron chi connectivity index (χ0n) is 26.9. The molecule has 10 unspecified atom stereocenters. The molecule has 2 fully saturated rings. The Bertz CT molecular complexity index is 1610. The van der Waals surface area contributed by atoms with Gasteiger partial charge < -0.3 is 55.6 Å². The normalized spacial score (nSPS) is 34.4. The summed E-state index contributed by atoms with van der Waals surface area (Å²) in [6.45, 7) is 4.60. The Labute approximate surface area is 282 Å². The van der Waals surface area contributed by atoms with Crippen molar-refractivity contribution in [3.63, 3.8) is 0 Å². The van der Waals surface area contributed by atoms with Crippen LogP contribution in [0.4, 0.5) is 0 Å². The number of benzene rings is 2. The summed E-state index contributed by atoms with van der Waals surface area (Å²) in [4.78, 5) is 40.2.